The van der Waals surface area contributed by atoms with Crippen molar-refractivity contribution >= 4 is 43.4 Å². The number of hydrogen-bond acceptors (Lipinski definition) is 4. The Bertz CT molecular complexity index is 601. The summed E-state index contributed by atoms with van der Waals surface area (Å²) < 4.78 is 24.0. The van der Waals surface area contributed by atoms with Crippen LogP contribution in [-0.2, 0) is 14.6 Å². The molecule has 1 aromatic rings. The highest BCUT2D eigenvalue weighted by molar-refractivity contribution is 9.10. The SMILES string of the molecule is C[C@@]1(NC(=O)CSc2ccc(Br)cc2)CCS(=O)(=O)C1. The van der Waals surface area contributed by atoms with Gasteiger partial charge in [0.1, 0.15) is 0 Å². The van der Waals surface area contributed by atoms with Crippen molar-refractivity contribution in [2.45, 2.75) is 23.8 Å². The molecule has 0 aliphatic carbocycles. The molecule has 1 amide bonds. The quantitative estimate of drug-likeness (QED) is 0.817. The molecule has 1 fully saturated rings. The number of hydrogen-bond donors (Lipinski definition) is 1. The Morgan fingerprint density at radius 1 is 1.40 bits per heavy atom. The van der Waals surface area contributed by atoms with Crippen LogP contribution in [-0.4, -0.2) is 37.1 Å². The Labute approximate surface area is 131 Å². The van der Waals surface area contributed by atoms with Crippen LogP contribution in [0.4, 0.5) is 0 Å². The molecule has 1 aliphatic heterocycles. The Morgan fingerprint density at radius 2 is 2.05 bits per heavy atom. The van der Waals surface area contributed by atoms with E-state index in [-0.39, 0.29) is 23.2 Å². The van der Waals surface area contributed by atoms with Crippen molar-refractivity contribution in [2.75, 3.05) is 17.3 Å². The smallest absolute Gasteiger partial charge is 0.230 e. The van der Waals surface area contributed by atoms with Crippen molar-refractivity contribution in [1.82, 2.24) is 5.32 Å². The Hall–Kier alpha value is -0.530. The molecule has 1 saturated heterocycles. The highest BCUT2D eigenvalue weighted by atomic mass is 79.9. The summed E-state index contributed by atoms with van der Waals surface area (Å²) in [5, 5.41) is 2.84. The molecule has 1 N–H and O–H groups in total. The molecule has 1 aliphatic rings. The minimum atomic E-state index is -3.00. The van der Waals surface area contributed by atoms with E-state index in [0.717, 1.165) is 9.37 Å². The van der Waals surface area contributed by atoms with Crippen LogP contribution in [0.2, 0.25) is 0 Å². The number of halogens is 1. The fourth-order valence-corrected chi connectivity index (χ4v) is 5.22. The zero-order valence-electron chi connectivity index (χ0n) is 11.1. The molecule has 0 radical (unpaired) electrons. The fraction of sp³-hybridized carbons (Fsp3) is 0.462. The van der Waals surface area contributed by atoms with E-state index in [1.54, 1.807) is 6.92 Å². The fourth-order valence-electron chi connectivity index (χ4n) is 2.16. The Balaban J connectivity index is 1.85. The molecule has 110 valence electrons. The molecular formula is C13H16BrNO3S2. The number of carbonyl (C=O) groups is 1. The Kier molecular flexibility index (Phi) is 4.81. The minimum Gasteiger partial charge on any atom is -0.349 e. The Morgan fingerprint density at radius 3 is 2.60 bits per heavy atom. The maximum Gasteiger partial charge on any atom is 0.230 e. The lowest BCUT2D eigenvalue weighted by molar-refractivity contribution is -0.120. The van der Waals surface area contributed by atoms with E-state index in [1.165, 1.54) is 11.8 Å². The summed E-state index contributed by atoms with van der Waals surface area (Å²) in [5.74, 6) is 0.354. The van der Waals surface area contributed by atoms with E-state index in [2.05, 4.69) is 21.2 Å². The van der Waals surface area contributed by atoms with E-state index in [1.807, 2.05) is 24.3 Å². The van der Waals surface area contributed by atoms with Gasteiger partial charge in [0.15, 0.2) is 9.84 Å². The molecule has 0 bridgehead atoms. The summed E-state index contributed by atoms with van der Waals surface area (Å²) in [4.78, 5) is 12.9. The van der Waals surface area contributed by atoms with Gasteiger partial charge in [0.05, 0.1) is 22.8 Å². The van der Waals surface area contributed by atoms with Gasteiger partial charge in [-0.05, 0) is 37.6 Å². The first kappa shape index (κ1) is 15.9. The summed E-state index contributed by atoms with van der Waals surface area (Å²) in [6.45, 7) is 1.79. The van der Waals surface area contributed by atoms with Crippen LogP contribution in [0.3, 0.4) is 0 Å². The van der Waals surface area contributed by atoms with Crippen molar-refractivity contribution in [2.24, 2.45) is 0 Å². The van der Waals surface area contributed by atoms with Gasteiger partial charge in [0.25, 0.3) is 0 Å². The zero-order valence-corrected chi connectivity index (χ0v) is 14.3. The number of carbonyl (C=O) groups excluding carboxylic acids is 1. The van der Waals surface area contributed by atoms with E-state index < -0.39 is 15.4 Å². The molecule has 2 rings (SSSR count). The van der Waals surface area contributed by atoms with Gasteiger partial charge in [-0.3, -0.25) is 4.79 Å². The molecule has 1 aromatic carbocycles. The number of thioether (sulfide) groups is 1. The van der Waals surface area contributed by atoms with E-state index in [9.17, 15) is 13.2 Å². The van der Waals surface area contributed by atoms with Crippen molar-refractivity contribution < 1.29 is 13.2 Å². The van der Waals surface area contributed by atoms with Gasteiger partial charge in [0.2, 0.25) is 5.91 Å². The molecule has 20 heavy (non-hydrogen) atoms. The number of benzene rings is 1. The third-order valence-electron chi connectivity index (χ3n) is 3.13. The molecular weight excluding hydrogens is 362 g/mol. The van der Waals surface area contributed by atoms with Gasteiger partial charge in [-0.25, -0.2) is 8.42 Å². The summed E-state index contributed by atoms with van der Waals surface area (Å²) in [7, 11) is -3.00. The van der Waals surface area contributed by atoms with E-state index in [0.29, 0.717) is 6.42 Å². The lowest BCUT2D eigenvalue weighted by Gasteiger charge is -2.23. The van der Waals surface area contributed by atoms with E-state index >= 15 is 0 Å². The minimum absolute atomic E-state index is 0.0364. The van der Waals surface area contributed by atoms with Crippen LogP contribution in [0.1, 0.15) is 13.3 Å². The predicted molar refractivity (Wildman–Crippen MR) is 84.7 cm³/mol. The molecule has 1 atom stereocenters. The molecule has 0 aromatic heterocycles. The first-order chi connectivity index (χ1) is 9.28. The second kappa shape index (κ2) is 6.07. The highest BCUT2D eigenvalue weighted by Gasteiger charge is 2.39. The van der Waals surface area contributed by atoms with Crippen molar-refractivity contribution in [3.63, 3.8) is 0 Å². The first-order valence-electron chi connectivity index (χ1n) is 6.18. The van der Waals surface area contributed by atoms with Crippen LogP contribution >= 0.6 is 27.7 Å². The molecule has 0 spiro atoms. The summed E-state index contributed by atoms with van der Waals surface area (Å²) in [6, 6.07) is 7.71. The number of nitrogens with one attached hydrogen (secondary N) is 1. The second-order valence-corrected chi connectivity index (χ2v) is 9.34. The van der Waals surface area contributed by atoms with Gasteiger partial charge in [-0.1, -0.05) is 15.9 Å². The van der Waals surface area contributed by atoms with Crippen molar-refractivity contribution in [1.29, 1.82) is 0 Å². The maximum absolute atomic E-state index is 11.9. The monoisotopic (exact) mass is 377 g/mol. The summed E-state index contributed by atoms with van der Waals surface area (Å²) in [6.07, 6.45) is 0.490. The van der Waals surface area contributed by atoms with Gasteiger partial charge in [0, 0.05) is 9.37 Å². The largest absolute Gasteiger partial charge is 0.349 e. The molecule has 7 heteroatoms. The average molecular weight is 378 g/mol. The van der Waals surface area contributed by atoms with Crippen molar-refractivity contribution in [3.05, 3.63) is 28.7 Å². The predicted octanol–water partition coefficient (Wildman–Crippen LogP) is 2.23. The average Bonchev–Trinajstić information content (AvgIpc) is 2.62. The van der Waals surface area contributed by atoms with Gasteiger partial charge < -0.3 is 5.32 Å². The van der Waals surface area contributed by atoms with Gasteiger partial charge in [-0.15, -0.1) is 11.8 Å². The third kappa shape index (κ3) is 4.49. The van der Waals surface area contributed by atoms with Crippen LogP contribution < -0.4 is 5.32 Å². The number of rotatable bonds is 4. The summed E-state index contributed by atoms with van der Waals surface area (Å²) in [5.41, 5.74) is -0.615. The van der Waals surface area contributed by atoms with Crippen molar-refractivity contribution in [3.8, 4) is 0 Å². The standard InChI is InChI=1S/C13H16BrNO3S2/c1-13(6-7-20(17,18)9-13)15-12(16)8-19-11-4-2-10(14)3-5-11/h2-5H,6-9H2,1H3,(H,15,16)/t13-/m1/s1. The highest BCUT2D eigenvalue weighted by Crippen LogP contribution is 2.24. The topological polar surface area (TPSA) is 63.2 Å². The molecule has 0 saturated carbocycles. The van der Waals surface area contributed by atoms with Gasteiger partial charge in [-0.2, -0.15) is 0 Å². The number of amides is 1. The van der Waals surface area contributed by atoms with E-state index in [4.69, 9.17) is 0 Å². The van der Waals surface area contributed by atoms with Crippen LogP contribution in [0, 0.1) is 0 Å². The molecule has 1 heterocycles. The first-order valence-corrected chi connectivity index (χ1v) is 9.78. The number of sulfone groups is 1. The molecule has 4 nitrogen and oxygen atoms in total. The van der Waals surface area contributed by atoms with Crippen LogP contribution in [0.15, 0.2) is 33.6 Å². The van der Waals surface area contributed by atoms with Gasteiger partial charge >= 0.3 is 0 Å². The lowest BCUT2D eigenvalue weighted by Crippen LogP contribution is -2.47. The van der Waals surface area contributed by atoms with Crippen LogP contribution in [0.5, 0.6) is 0 Å². The third-order valence-corrected chi connectivity index (χ3v) is 6.57. The second-order valence-electron chi connectivity index (χ2n) is 5.19. The zero-order chi connectivity index (χ0) is 14.8. The summed E-state index contributed by atoms with van der Waals surface area (Å²) >= 11 is 4.79. The lowest BCUT2D eigenvalue weighted by atomic mass is 10.0. The maximum atomic E-state index is 11.9. The molecule has 0 unspecified atom stereocenters. The van der Waals surface area contributed by atoms with Crippen LogP contribution in [0.25, 0.3) is 0 Å². The normalized spacial score (nSPS) is 24.5.